The first kappa shape index (κ1) is 18.7. The van der Waals surface area contributed by atoms with Crippen molar-refractivity contribution >= 4 is 40.5 Å². The first-order chi connectivity index (χ1) is 9.91. The molecule has 0 aliphatic carbocycles. The van der Waals surface area contributed by atoms with E-state index in [0.29, 0.717) is 5.69 Å². The molecule has 0 radical (unpaired) electrons. The zero-order valence-corrected chi connectivity index (χ0v) is 15.9. The van der Waals surface area contributed by atoms with Gasteiger partial charge in [0.05, 0.1) is 5.69 Å². The number of hydrogen-bond donors (Lipinski definition) is 0. The molecule has 0 N–H and O–H groups in total. The predicted octanol–water partition coefficient (Wildman–Crippen LogP) is 4.97. The molecule has 0 atom stereocenters. The highest BCUT2D eigenvalue weighted by atomic mass is 127. The molecular formula is C16H22INO4. The fraction of sp³-hybridized carbons (Fsp3) is 0.500. The van der Waals surface area contributed by atoms with Crippen LogP contribution in [0.15, 0.2) is 24.3 Å². The lowest BCUT2D eigenvalue weighted by Crippen LogP contribution is -2.44. The van der Waals surface area contributed by atoms with E-state index >= 15 is 0 Å². The van der Waals surface area contributed by atoms with E-state index < -0.39 is 23.4 Å². The second-order valence-electron chi connectivity index (χ2n) is 6.75. The van der Waals surface area contributed by atoms with Gasteiger partial charge in [0.25, 0.3) is 0 Å². The van der Waals surface area contributed by atoms with Crippen molar-refractivity contribution in [3.8, 4) is 0 Å². The fourth-order valence-electron chi connectivity index (χ4n) is 1.52. The van der Waals surface area contributed by atoms with Crippen LogP contribution in [0.3, 0.4) is 0 Å². The smallest absolute Gasteiger partial charge is 0.424 e. The molecule has 0 heterocycles. The summed E-state index contributed by atoms with van der Waals surface area (Å²) >= 11 is 2.06. The fourth-order valence-corrected chi connectivity index (χ4v) is 2.15. The number of hydrogen-bond acceptors (Lipinski definition) is 4. The lowest BCUT2D eigenvalue weighted by molar-refractivity contribution is 0.0430. The number of carbonyl (C=O) groups excluding carboxylic acids is 2. The summed E-state index contributed by atoms with van der Waals surface area (Å²) in [6.07, 6.45) is -1.52. The SMILES string of the molecule is CC(C)(C)OC(=O)N(C(=O)OC(C)(C)C)c1ccccc1I. The summed E-state index contributed by atoms with van der Waals surface area (Å²) in [6.45, 7) is 10.5. The molecule has 122 valence electrons. The Morgan fingerprint density at radius 3 is 1.68 bits per heavy atom. The van der Waals surface area contributed by atoms with E-state index in [-0.39, 0.29) is 0 Å². The van der Waals surface area contributed by atoms with Crippen LogP contribution in [0, 0.1) is 3.57 Å². The van der Waals surface area contributed by atoms with Gasteiger partial charge in [0, 0.05) is 3.57 Å². The average Bonchev–Trinajstić information content (AvgIpc) is 2.27. The number of rotatable bonds is 1. The second kappa shape index (κ2) is 6.85. The Hall–Kier alpha value is -1.31. The predicted molar refractivity (Wildman–Crippen MR) is 94.1 cm³/mol. The van der Waals surface area contributed by atoms with Crippen LogP contribution in [0.25, 0.3) is 0 Å². The van der Waals surface area contributed by atoms with Crippen LogP contribution < -0.4 is 4.90 Å². The van der Waals surface area contributed by atoms with Crippen molar-refractivity contribution in [2.75, 3.05) is 4.90 Å². The van der Waals surface area contributed by atoms with Gasteiger partial charge in [-0.3, -0.25) is 0 Å². The molecule has 0 aliphatic rings. The van der Waals surface area contributed by atoms with Gasteiger partial charge in [-0.25, -0.2) is 9.59 Å². The topological polar surface area (TPSA) is 55.8 Å². The third kappa shape index (κ3) is 5.82. The molecule has 1 aromatic rings. The number of imide groups is 1. The van der Waals surface area contributed by atoms with E-state index in [0.717, 1.165) is 8.47 Å². The molecule has 0 saturated heterocycles. The van der Waals surface area contributed by atoms with Gasteiger partial charge < -0.3 is 9.47 Å². The van der Waals surface area contributed by atoms with Crippen molar-refractivity contribution in [3.63, 3.8) is 0 Å². The Morgan fingerprint density at radius 2 is 1.32 bits per heavy atom. The minimum absolute atomic E-state index is 0.437. The minimum atomic E-state index is -0.758. The van der Waals surface area contributed by atoms with Gasteiger partial charge in [-0.15, -0.1) is 0 Å². The Balaban J connectivity index is 3.19. The van der Waals surface area contributed by atoms with Gasteiger partial charge in [0.15, 0.2) is 0 Å². The molecule has 1 aromatic carbocycles. The number of amides is 2. The molecule has 5 nitrogen and oxygen atoms in total. The Kier molecular flexibility index (Phi) is 5.83. The van der Waals surface area contributed by atoms with Gasteiger partial charge in [0.1, 0.15) is 11.2 Å². The number of para-hydroxylation sites is 1. The van der Waals surface area contributed by atoms with Gasteiger partial charge in [-0.05, 0) is 76.3 Å². The van der Waals surface area contributed by atoms with Crippen molar-refractivity contribution < 1.29 is 19.1 Å². The summed E-state index contributed by atoms with van der Waals surface area (Å²) in [4.78, 5) is 25.8. The van der Waals surface area contributed by atoms with Crippen molar-refractivity contribution in [3.05, 3.63) is 27.8 Å². The highest BCUT2D eigenvalue weighted by Crippen LogP contribution is 2.26. The Morgan fingerprint density at radius 1 is 0.909 bits per heavy atom. The average molecular weight is 419 g/mol. The van der Waals surface area contributed by atoms with Crippen molar-refractivity contribution in [2.24, 2.45) is 0 Å². The van der Waals surface area contributed by atoms with Crippen LogP contribution in [0.5, 0.6) is 0 Å². The monoisotopic (exact) mass is 419 g/mol. The number of nitrogens with zero attached hydrogens (tertiary/aromatic N) is 1. The molecule has 0 aromatic heterocycles. The van der Waals surface area contributed by atoms with Crippen LogP contribution in [0.2, 0.25) is 0 Å². The number of carbonyl (C=O) groups is 2. The van der Waals surface area contributed by atoms with Crippen LogP contribution in [-0.4, -0.2) is 23.4 Å². The molecule has 22 heavy (non-hydrogen) atoms. The Bertz CT molecular complexity index is 530. The van der Waals surface area contributed by atoms with E-state index in [1.165, 1.54) is 0 Å². The standard InChI is InChI=1S/C16H22INO4/c1-15(2,3)21-13(19)18(14(20)22-16(4,5)6)12-10-8-7-9-11(12)17/h7-10H,1-6H3. The first-order valence-corrected chi connectivity index (χ1v) is 7.99. The summed E-state index contributed by atoms with van der Waals surface area (Å²) in [7, 11) is 0. The number of ether oxygens (including phenoxy) is 2. The molecule has 1 rings (SSSR count). The third-order valence-electron chi connectivity index (χ3n) is 2.25. The zero-order chi connectivity index (χ0) is 17.1. The number of anilines is 1. The minimum Gasteiger partial charge on any atom is -0.443 e. The largest absolute Gasteiger partial charge is 0.443 e. The van der Waals surface area contributed by atoms with Crippen LogP contribution in [0.1, 0.15) is 41.5 Å². The van der Waals surface area contributed by atoms with E-state index in [4.69, 9.17) is 9.47 Å². The highest BCUT2D eigenvalue weighted by Gasteiger charge is 2.33. The van der Waals surface area contributed by atoms with Gasteiger partial charge in [-0.1, -0.05) is 12.1 Å². The number of benzene rings is 1. The summed E-state index contributed by atoms with van der Waals surface area (Å²) in [5, 5.41) is 0. The molecule has 0 spiro atoms. The molecule has 0 fully saturated rings. The molecule has 0 saturated carbocycles. The van der Waals surface area contributed by atoms with E-state index in [2.05, 4.69) is 22.6 Å². The van der Waals surface area contributed by atoms with Gasteiger partial charge in [-0.2, -0.15) is 4.90 Å². The molecule has 0 unspecified atom stereocenters. The summed E-state index contributed by atoms with van der Waals surface area (Å²) in [5.74, 6) is 0. The lowest BCUT2D eigenvalue weighted by Gasteiger charge is -2.29. The maximum Gasteiger partial charge on any atom is 0.424 e. The van der Waals surface area contributed by atoms with Crippen molar-refractivity contribution in [1.82, 2.24) is 0 Å². The maximum absolute atomic E-state index is 12.4. The lowest BCUT2D eigenvalue weighted by atomic mass is 10.2. The van der Waals surface area contributed by atoms with Crippen LogP contribution >= 0.6 is 22.6 Å². The maximum atomic E-state index is 12.4. The van der Waals surface area contributed by atoms with E-state index in [1.807, 2.05) is 6.07 Å². The molecular weight excluding hydrogens is 397 g/mol. The molecule has 0 aliphatic heterocycles. The van der Waals surface area contributed by atoms with Gasteiger partial charge in [0.2, 0.25) is 0 Å². The van der Waals surface area contributed by atoms with Crippen LogP contribution in [0.4, 0.5) is 15.3 Å². The summed E-state index contributed by atoms with van der Waals surface area (Å²) in [5.41, 5.74) is -0.985. The first-order valence-electron chi connectivity index (χ1n) is 6.91. The van der Waals surface area contributed by atoms with Crippen LogP contribution in [-0.2, 0) is 9.47 Å². The molecule has 6 heteroatoms. The highest BCUT2D eigenvalue weighted by molar-refractivity contribution is 14.1. The Labute approximate surface area is 145 Å². The molecule has 2 amide bonds. The second-order valence-corrected chi connectivity index (χ2v) is 7.91. The third-order valence-corrected chi connectivity index (χ3v) is 3.16. The zero-order valence-electron chi connectivity index (χ0n) is 13.8. The molecule has 0 bridgehead atoms. The quantitative estimate of drug-likeness (QED) is 0.604. The van der Waals surface area contributed by atoms with Crippen molar-refractivity contribution in [2.45, 2.75) is 52.7 Å². The van der Waals surface area contributed by atoms with Gasteiger partial charge >= 0.3 is 12.2 Å². The van der Waals surface area contributed by atoms with E-state index in [1.54, 1.807) is 59.7 Å². The normalized spacial score (nSPS) is 11.8. The number of halogens is 1. The summed E-state index contributed by atoms with van der Waals surface area (Å²) < 4.78 is 11.4. The van der Waals surface area contributed by atoms with E-state index in [9.17, 15) is 9.59 Å². The summed E-state index contributed by atoms with van der Waals surface area (Å²) in [6, 6.07) is 7.06. The van der Waals surface area contributed by atoms with Crippen molar-refractivity contribution in [1.29, 1.82) is 0 Å².